The Morgan fingerprint density at radius 1 is 1.43 bits per heavy atom. The van der Waals surface area contributed by atoms with E-state index in [9.17, 15) is 8.42 Å². The van der Waals surface area contributed by atoms with Crippen molar-refractivity contribution in [1.29, 1.82) is 0 Å². The van der Waals surface area contributed by atoms with E-state index in [1.165, 1.54) is 17.4 Å². The molecule has 1 aromatic heterocycles. The minimum atomic E-state index is -3.68. The first-order valence-corrected chi connectivity index (χ1v) is 9.40. The van der Waals surface area contributed by atoms with E-state index in [2.05, 4.69) is 15.9 Å². The molecule has 2 N–H and O–H groups in total. The predicted octanol–water partition coefficient (Wildman–Crippen LogP) is 3.62. The molecule has 0 aliphatic carbocycles. The van der Waals surface area contributed by atoms with Gasteiger partial charge in [-0.25, -0.2) is 8.42 Å². The molecule has 0 aliphatic heterocycles. The average Bonchev–Trinajstić information content (AvgIpc) is 2.78. The summed E-state index contributed by atoms with van der Waals surface area (Å²) in [6, 6.07) is 8.14. The maximum atomic E-state index is 12.6. The predicted molar refractivity (Wildman–Crippen MR) is 94.9 cm³/mol. The van der Waals surface area contributed by atoms with Gasteiger partial charge in [-0.05, 0) is 34.1 Å². The van der Waals surface area contributed by atoms with Gasteiger partial charge in [0.2, 0.25) is 0 Å². The largest absolute Gasteiger partial charge is 0.389 e. The lowest BCUT2D eigenvalue weighted by molar-refractivity contribution is 0.596. The van der Waals surface area contributed by atoms with Crippen LogP contribution in [0, 0.1) is 0 Å². The van der Waals surface area contributed by atoms with E-state index in [0.717, 1.165) is 11.3 Å². The van der Waals surface area contributed by atoms with E-state index in [1.54, 1.807) is 24.3 Å². The Hall–Kier alpha value is -0.670. The Balaban J connectivity index is 2.45. The second-order valence-corrected chi connectivity index (χ2v) is 9.49. The zero-order chi connectivity index (χ0) is 15.8. The van der Waals surface area contributed by atoms with Crippen molar-refractivity contribution < 1.29 is 8.42 Å². The molecule has 0 spiro atoms. The molecule has 0 saturated heterocycles. The second-order valence-electron chi connectivity index (χ2n) is 4.07. The Bertz CT molecular complexity index is 785. The molecule has 0 atom stereocenters. The Labute approximate surface area is 145 Å². The first-order valence-electron chi connectivity index (χ1n) is 5.57. The summed E-state index contributed by atoms with van der Waals surface area (Å²) in [7, 11) is -2.22. The fourth-order valence-electron chi connectivity index (χ4n) is 1.58. The van der Waals surface area contributed by atoms with Crippen LogP contribution in [-0.4, -0.2) is 20.5 Å². The number of benzene rings is 1. The highest BCUT2D eigenvalue weighted by atomic mass is 79.9. The molecule has 2 aromatic rings. The average molecular weight is 426 g/mol. The zero-order valence-electron chi connectivity index (χ0n) is 10.7. The smallest absolute Gasteiger partial charge is 0.273 e. The lowest BCUT2D eigenvalue weighted by Gasteiger charge is -2.19. The molecule has 112 valence electrons. The Morgan fingerprint density at radius 2 is 2.10 bits per heavy atom. The molecule has 0 radical (unpaired) electrons. The van der Waals surface area contributed by atoms with Gasteiger partial charge in [-0.2, -0.15) is 0 Å². The standard InChI is InChI=1S/C12H10BrClN2O2S3/c1-16(8-4-2-3-7(5-8)12(15)19)21(17,18)10-6-9(14)11(13)20-10/h2-6H,1H3,(H2,15,19). The van der Waals surface area contributed by atoms with Crippen LogP contribution in [0.2, 0.25) is 5.02 Å². The van der Waals surface area contributed by atoms with Gasteiger partial charge in [0.1, 0.15) is 9.20 Å². The molecule has 21 heavy (non-hydrogen) atoms. The monoisotopic (exact) mass is 424 g/mol. The van der Waals surface area contributed by atoms with Crippen LogP contribution < -0.4 is 10.0 Å². The molecule has 0 saturated carbocycles. The molecule has 0 amide bonds. The van der Waals surface area contributed by atoms with Crippen LogP contribution in [0.1, 0.15) is 5.56 Å². The highest BCUT2D eigenvalue weighted by Gasteiger charge is 2.25. The van der Waals surface area contributed by atoms with Gasteiger partial charge in [0.25, 0.3) is 10.0 Å². The summed E-state index contributed by atoms with van der Waals surface area (Å²) in [5.74, 6) is 0. The van der Waals surface area contributed by atoms with Gasteiger partial charge < -0.3 is 5.73 Å². The van der Waals surface area contributed by atoms with Crippen LogP contribution in [-0.2, 0) is 10.0 Å². The summed E-state index contributed by atoms with van der Waals surface area (Å²) in [6.45, 7) is 0. The fourth-order valence-corrected chi connectivity index (χ4v) is 5.47. The number of hydrogen-bond acceptors (Lipinski definition) is 4. The van der Waals surface area contributed by atoms with Gasteiger partial charge in [0.05, 0.1) is 14.5 Å². The third-order valence-corrected chi connectivity index (χ3v) is 7.68. The van der Waals surface area contributed by atoms with E-state index in [-0.39, 0.29) is 9.20 Å². The normalized spacial score (nSPS) is 11.4. The second kappa shape index (κ2) is 6.21. The zero-order valence-corrected chi connectivity index (χ0v) is 15.5. The van der Waals surface area contributed by atoms with E-state index in [1.807, 2.05) is 0 Å². The molecule has 1 aromatic carbocycles. The molecule has 9 heteroatoms. The minimum absolute atomic E-state index is 0.155. The van der Waals surface area contributed by atoms with Gasteiger partial charge in [0, 0.05) is 12.6 Å². The van der Waals surface area contributed by atoms with E-state index < -0.39 is 10.0 Å². The molecule has 1 heterocycles. The topological polar surface area (TPSA) is 63.4 Å². The maximum absolute atomic E-state index is 12.6. The van der Waals surface area contributed by atoms with Gasteiger partial charge in [-0.15, -0.1) is 11.3 Å². The molecule has 0 bridgehead atoms. The molecule has 0 fully saturated rings. The number of nitrogens with zero attached hydrogens (tertiary/aromatic N) is 1. The summed E-state index contributed by atoms with van der Waals surface area (Å²) >= 11 is 15.1. The summed E-state index contributed by atoms with van der Waals surface area (Å²) in [4.78, 5) is 0.213. The van der Waals surface area contributed by atoms with Crippen molar-refractivity contribution in [2.24, 2.45) is 5.73 Å². The van der Waals surface area contributed by atoms with E-state index in [4.69, 9.17) is 29.6 Å². The number of halogens is 2. The van der Waals surface area contributed by atoms with Crippen molar-refractivity contribution >= 4 is 71.8 Å². The maximum Gasteiger partial charge on any atom is 0.273 e. The Morgan fingerprint density at radius 3 is 2.62 bits per heavy atom. The van der Waals surface area contributed by atoms with Crippen LogP contribution in [0.25, 0.3) is 0 Å². The van der Waals surface area contributed by atoms with Crippen LogP contribution >= 0.6 is 51.1 Å². The van der Waals surface area contributed by atoms with Gasteiger partial charge in [-0.3, -0.25) is 4.31 Å². The van der Waals surface area contributed by atoms with Crippen LogP contribution in [0.4, 0.5) is 5.69 Å². The number of nitrogens with two attached hydrogens (primary N) is 1. The number of thiocarbonyl (C=S) groups is 1. The lowest BCUT2D eigenvalue weighted by Crippen LogP contribution is -2.26. The number of hydrogen-bond donors (Lipinski definition) is 1. The summed E-state index contributed by atoms with van der Waals surface area (Å²) in [6.07, 6.45) is 0. The first kappa shape index (κ1) is 16.7. The first-order chi connectivity index (χ1) is 9.73. The van der Waals surface area contributed by atoms with Crippen molar-refractivity contribution in [2.75, 3.05) is 11.4 Å². The van der Waals surface area contributed by atoms with Crippen molar-refractivity contribution in [3.05, 3.63) is 44.7 Å². The summed E-state index contributed by atoms with van der Waals surface area (Å²) in [5.41, 5.74) is 6.65. The quantitative estimate of drug-likeness (QED) is 0.760. The third-order valence-electron chi connectivity index (χ3n) is 2.73. The van der Waals surface area contributed by atoms with Crippen molar-refractivity contribution in [3.8, 4) is 0 Å². The van der Waals surface area contributed by atoms with Crippen LogP contribution in [0.5, 0.6) is 0 Å². The van der Waals surface area contributed by atoms with Gasteiger partial charge in [0.15, 0.2) is 0 Å². The summed E-state index contributed by atoms with van der Waals surface area (Å²) in [5, 5.41) is 0.365. The minimum Gasteiger partial charge on any atom is -0.389 e. The van der Waals surface area contributed by atoms with E-state index in [0.29, 0.717) is 20.1 Å². The lowest BCUT2D eigenvalue weighted by atomic mass is 10.2. The van der Waals surface area contributed by atoms with Crippen LogP contribution in [0.15, 0.2) is 38.3 Å². The number of sulfonamides is 1. The van der Waals surface area contributed by atoms with E-state index >= 15 is 0 Å². The molecule has 2 rings (SSSR count). The van der Waals surface area contributed by atoms with Gasteiger partial charge in [-0.1, -0.05) is 36.0 Å². The SMILES string of the molecule is CN(c1cccc(C(N)=S)c1)S(=O)(=O)c1cc(Cl)c(Br)s1. The molecule has 0 aliphatic rings. The number of rotatable bonds is 4. The number of anilines is 1. The molecular weight excluding hydrogens is 416 g/mol. The fraction of sp³-hybridized carbons (Fsp3) is 0.0833. The summed E-state index contributed by atoms with van der Waals surface area (Å²) < 4.78 is 27.0. The highest BCUT2D eigenvalue weighted by Crippen LogP contribution is 2.36. The molecular formula is C12H10BrClN2O2S3. The molecule has 0 unspecified atom stereocenters. The van der Waals surface area contributed by atoms with Crippen LogP contribution in [0.3, 0.4) is 0 Å². The van der Waals surface area contributed by atoms with Crippen molar-refractivity contribution in [1.82, 2.24) is 0 Å². The molecule has 4 nitrogen and oxygen atoms in total. The highest BCUT2D eigenvalue weighted by molar-refractivity contribution is 9.11. The van der Waals surface area contributed by atoms with Crippen molar-refractivity contribution in [2.45, 2.75) is 4.21 Å². The third kappa shape index (κ3) is 3.40. The number of thiophene rings is 1. The Kier molecular flexibility index (Phi) is 4.94. The van der Waals surface area contributed by atoms with Gasteiger partial charge >= 0.3 is 0 Å². The van der Waals surface area contributed by atoms with Crippen molar-refractivity contribution in [3.63, 3.8) is 0 Å².